The summed E-state index contributed by atoms with van der Waals surface area (Å²) in [5.41, 5.74) is 1.82. The molecule has 5 heteroatoms. The second-order valence-electron chi connectivity index (χ2n) is 4.60. The average molecular weight is 261 g/mol. The van der Waals surface area contributed by atoms with Crippen LogP contribution in [-0.4, -0.2) is 27.1 Å². The van der Waals surface area contributed by atoms with Crippen LogP contribution < -0.4 is 0 Å². The lowest BCUT2D eigenvalue weighted by atomic mass is 10.0. The van der Waals surface area contributed by atoms with Crippen molar-refractivity contribution in [2.45, 2.75) is 19.4 Å². The molecule has 1 amide bonds. The number of nitrogens with zero attached hydrogens (tertiary/aromatic N) is 3. The van der Waals surface area contributed by atoms with Crippen LogP contribution in [0.2, 0.25) is 0 Å². The van der Waals surface area contributed by atoms with Gasteiger partial charge in [-0.2, -0.15) is 5.10 Å². The largest absolute Gasteiger partial charge is 0.330 e. The number of aromatic nitrogens is 2. The number of thiophene rings is 1. The Hall–Kier alpha value is -1.62. The zero-order valence-corrected chi connectivity index (χ0v) is 11.3. The van der Waals surface area contributed by atoms with Crippen LogP contribution >= 0.6 is 11.3 Å². The lowest BCUT2D eigenvalue weighted by Gasteiger charge is -2.33. The van der Waals surface area contributed by atoms with Gasteiger partial charge < -0.3 is 4.90 Å². The molecule has 0 saturated carbocycles. The number of hydrogen-bond acceptors (Lipinski definition) is 3. The van der Waals surface area contributed by atoms with E-state index in [2.05, 4.69) is 23.5 Å². The first-order valence-electron chi connectivity index (χ1n) is 6.03. The molecule has 1 unspecified atom stereocenters. The summed E-state index contributed by atoms with van der Waals surface area (Å²) in [7, 11) is 1.83. The van der Waals surface area contributed by atoms with E-state index in [0.717, 1.165) is 13.0 Å². The van der Waals surface area contributed by atoms with Crippen molar-refractivity contribution in [1.82, 2.24) is 14.7 Å². The zero-order valence-electron chi connectivity index (χ0n) is 10.5. The van der Waals surface area contributed by atoms with E-state index in [1.54, 1.807) is 28.3 Å². The molecule has 4 nitrogen and oxygen atoms in total. The summed E-state index contributed by atoms with van der Waals surface area (Å²) in [6, 6.07) is 4.05. The van der Waals surface area contributed by atoms with Gasteiger partial charge in [0.25, 0.3) is 5.91 Å². The molecule has 0 saturated heterocycles. The van der Waals surface area contributed by atoms with Gasteiger partial charge in [0.05, 0.1) is 6.04 Å². The number of carbonyl (C=O) groups is 1. The lowest BCUT2D eigenvalue weighted by Crippen LogP contribution is -2.38. The molecule has 0 aromatic carbocycles. The fourth-order valence-corrected chi connectivity index (χ4v) is 3.43. The molecule has 0 N–H and O–H groups in total. The summed E-state index contributed by atoms with van der Waals surface area (Å²) in [6.07, 6.45) is 2.76. The third-order valence-electron chi connectivity index (χ3n) is 3.47. The van der Waals surface area contributed by atoms with Gasteiger partial charge in [-0.1, -0.05) is 0 Å². The minimum Gasteiger partial charge on any atom is -0.330 e. The van der Waals surface area contributed by atoms with Gasteiger partial charge in [-0.05, 0) is 36.4 Å². The van der Waals surface area contributed by atoms with Crippen LogP contribution in [-0.2, 0) is 13.5 Å². The lowest BCUT2D eigenvalue weighted by molar-refractivity contribution is 0.0672. The summed E-state index contributed by atoms with van der Waals surface area (Å²) in [5, 5.41) is 6.30. The molecule has 0 spiro atoms. The second kappa shape index (κ2) is 4.24. The molecule has 3 rings (SSSR count). The number of hydrogen-bond donors (Lipinski definition) is 0. The van der Waals surface area contributed by atoms with Gasteiger partial charge in [-0.15, -0.1) is 11.3 Å². The van der Waals surface area contributed by atoms with Gasteiger partial charge in [-0.25, -0.2) is 0 Å². The van der Waals surface area contributed by atoms with Crippen molar-refractivity contribution >= 4 is 17.2 Å². The highest BCUT2D eigenvalue weighted by atomic mass is 32.1. The van der Waals surface area contributed by atoms with E-state index in [-0.39, 0.29) is 11.9 Å². The maximum absolute atomic E-state index is 12.4. The Kier molecular flexibility index (Phi) is 2.70. The monoisotopic (exact) mass is 261 g/mol. The van der Waals surface area contributed by atoms with Crippen LogP contribution in [0.25, 0.3) is 0 Å². The number of amides is 1. The van der Waals surface area contributed by atoms with Gasteiger partial charge in [0, 0.05) is 24.7 Å². The van der Waals surface area contributed by atoms with Crippen molar-refractivity contribution in [3.05, 3.63) is 39.8 Å². The van der Waals surface area contributed by atoms with Crippen LogP contribution in [0.3, 0.4) is 0 Å². The Morgan fingerprint density at radius 3 is 3.06 bits per heavy atom. The van der Waals surface area contributed by atoms with Crippen molar-refractivity contribution in [2.75, 3.05) is 6.54 Å². The van der Waals surface area contributed by atoms with E-state index in [4.69, 9.17) is 0 Å². The van der Waals surface area contributed by atoms with Crippen LogP contribution in [0.15, 0.2) is 23.7 Å². The quantitative estimate of drug-likeness (QED) is 0.789. The summed E-state index contributed by atoms with van der Waals surface area (Å²) in [6.45, 7) is 2.87. The average Bonchev–Trinajstić information content (AvgIpc) is 2.97. The molecule has 94 valence electrons. The summed E-state index contributed by atoms with van der Waals surface area (Å²) >= 11 is 1.79. The third-order valence-corrected chi connectivity index (χ3v) is 4.47. The summed E-state index contributed by atoms with van der Waals surface area (Å²) in [4.78, 5) is 15.7. The van der Waals surface area contributed by atoms with E-state index in [0.29, 0.717) is 5.69 Å². The molecule has 0 radical (unpaired) electrons. The van der Waals surface area contributed by atoms with Gasteiger partial charge in [0.2, 0.25) is 0 Å². The van der Waals surface area contributed by atoms with Crippen molar-refractivity contribution in [3.8, 4) is 0 Å². The SMILES string of the molecule is CC1c2ccsc2CCN1C(=O)c1ccn(C)n1. The number of carbonyl (C=O) groups excluding carboxylic acids is 1. The highest BCUT2D eigenvalue weighted by Gasteiger charge is 2.29. The predicted octanol–water partition coefficient (Wildman–Crippen LogP) is 2.24. The molecule has 18 heavy (non-hydrogen) atoms. The van der Waals surface area contributed by atoms with E-state index >= 15 is 0 Å². The molecule has 1 atom stereocenters. The van der Waals surface area contributed by atoms with Gasteiger partial charge in [-0.3, -0.25) is 9.48 Å². The normalized spacial score (nSPS) is 18.8. The second-order valence-corrected chi connectivity index (χ2v) is 5.60. The Morgan fingerprint density at radius 2 is 2.33 bits per heavy atom. The van der Waals surface area contributed by atoms with Crippen LogP contribution in [0.5, 0.6) is 0 Å². The van der Waals surface area contributed by atoms with E-state index in [1.165, 1.54) is 10.4 Å². The van der Waals surface area contributed by atoms with Crippen molar-refractivity contribution in [3.63, 3.8) is 0 Å². The van der Waals surface area contributed by atoms with E-state index in [9.17, 15) is 4.79 Å². The van der Waals surface area contributed by atoms with Crippen LogP contribution in [0.1, 0.15) is 33.9 Å². The van der Waals surface area contributed by atoms with Gasteiger partial charge in [0.15, 0.2) is 0 Å². The number of aryl methyl sites for hydroxylation is 1. The first-order valence-corrected chi connectivity index (χ1v) is 6.91. The molecule has 3 heterocycles. The first-order chi connectivity index (χ1) is 8.66. The standard InChI is InChI=1S/C13H15N3OS/c1-9-10-5-8-18-12(10)4-7-16(9)13(17)11-3-6-15(2)14-11/h3,5-6,8-9H,4,7H2,1-2H3. The Bertz CT molecular complexity index is 587. The maximum atomic E-state index is 12.4. The maximum Gasteiger partial charge on any atom is 0.274 e. The summed E-state index contributed by atoms with van der Waals surface area (Å²) < 4.78 is 1.66. The highest BCUT2D eigenvalue weighted by molar-refractivity contribution is 7.10. The first kappa shape index (κ1) is 11.5. The van der Waals surface area contributed by atoms with Crippen molar-refractivity contribution in [1.29, 1.82) is 0 Å². The Labute approximate surface area is 110 Å². The minimum atomic E-state index is 0.0277. The third kappa shape index (κ3) is 1.75. The molecule has 0 bridgehead atoms. The Balaban J connectivity index is 1.88. The van der Waals surface area contributed by atoms with Crippen LogP contribution in [0, 0.1) is 0 Å². The Morgan fingerprint density at radius 1 is 1.50 bits per heavy atom. The fourth-order valence-electron chi connectivity index (χ4n) is 2.46. The number of fused-ring (bicyclic) bond motifs is 1. The zero-order chi connectivity index (χ0) is 12.7. The van der Waals surface area contributed by atoms with E-state index in [1.807, 2.05) is 11.9 Å². The minimum absolute atomic E-state index is 0.0277. The molecule has 1 aliphatic heterocycles. The van der Waals surface area contributed by atoms with Crippen LogP contribution in [0.4, 0.5) is 0 Å². The fraction of sp³-hybridized carbons (Fsp3) is 0.385. The smallest absolute Gasteiger partial charge is 0.274 e. The molecular weight excluding hydrogens is 246 g/mol. The molecule has 0 aliphatic carbocycles. The van der Waals surface area contributed by atoms with Gasteiger partial charge in [0.1, 0.15) is 5.69 Å². The molecule has 1 aliphatic rings. The summed E-state index contributed by atoms with van der Waals surface area (Å²) in [5.74, 6) is 0.0277. The topological polar surface area (TPSA) is 38.1 Å². The number of rotatable bonds is 1. The molecule has 2 aromatic rings. The van der Waals surface area contributed by atoms with Crippen molar-refractivity contribution < 1.29 is 4.79 Å². The highest BCUT2D eigenvalue weighted by Crippen LogP contribution is 2.33. The van der Waals surface area contributed by atoms with Gasteiger partial charge >= 0.3 is 0 Å². The molecule has 0 fully saturated rings. The molecular formula is C13H15N3OS. The van der Waals surface area contributed by atoms with Crippen molar-refractivity contribution in [2.24, 2.45) is 7.05 Å². The molecule has 2 aromatic heterocycles. The predicted molar refractivity (Wildman–Crippen MR) is 70.7 cm³/mol. The van der Waals surface area contributed by atoms with E-state index < -0.39 is 0 Å².